The summed E-state index contributed by atoms with van der Waals surface area (Å²) < 4.78 is 5.33. The van der Waals surface area contributed by atoms with Crippen LogP contribution in [0.25, 0.3) is 0 Å². The molecule has 5 heteroatoms. The molecular formula is C16H28N4O. The summed E-state index contributed by atoms with van der Waals surface area (Å²) in [6, 6.07) is 5.09. The van der Waals surface area contributed by atoms with Crippen LogP contribution in [-0.2, 0) is 6.42 Å². The van der Waals surface area contributed by atoms with Crippen molar-refractivity contribution in [2.24, 2.45) is 4.99 Å². The fraction of sp³-hybridized carbons (Fsp3) is 0.688. The molecule has 0 saturated carbocycles. The van der Waals surface area contributed by atoms with Crippen molar-refractivity contribution in [1.82, 2.24) is 15.5 Å². The van der Waals surface area contributed by atoms with E-state index in [1.165, 1.54) is 25.9 Å². The zero-order valence-electron chi connectivity index (χ0n) is 13.4. The number of furan rings is 1. The van der Waals surface area contributed by atoms with Gasteiger partial charge in [0.1, 0.15) is 5.76 Å². The number of nitrogens with one attached hydrogen (secondary N) is 2. The fourth-order valence-corrected chi connectivity index (χ4v) is 2.71. The van der Waals surface area contributed by atoms with E-state index in [-0.39, 0.29) is 0 Å². The number of aliphatic imine (C=N–C) groups is 1. The zero-order valence-corrected chi connectivity index (χ0v) is 13.4. The highest BCUT2D eigenvalue weighted by molar-refractivity contribution is 5.79. The van der Waals surface area contributed by atoms with Gasteiger partial charge in [0.15, 0.2) is 5.96 Å². The lowest BCUT2D eigenvalue weighted by atomic mass is 10.0. The Morgan fingerprint density at radius 2 is 2.19 bits per heavy atom. The van der Waals surface area contributed by atoms with E-state index in [0.29, 0.717) is 12.1 Å². The van der Waals surface area contributed by atoms with E-state index in [9.17, 15) is 0 Å². The van der Waals surface area contributed by atoms with Crippen LogP contribution in [0.3, 0.4) is 0 Å². The van der Waals surface area contributed by atoms with E-state index in [0.717, 1.165) is 24.7 Å². The maximum absolute atomic E-state index is 5.33. The predicted molar refractivity (Wildman–Crippen MR) is 86.6 cm³/mol. The highest BCUT2D eigenvalue weighted by Gasteiger charge is 2.21. The molecule has 5 nitrogen and oxygen atoms in total. The van der Waals surface area contributed by atoms with E-state index in [4.69, 9.17) is 4.42 Å². The first kappa shape index (κ1) is 15.9. The molecule has 1 aromatic heterocycles. The molecule has 1 aliphatic heterocycles. The van der Waals surface area contributed by atoms with Crippen molar-refractivity contribution in [3.8, 4) is 0 Å². The highest BCUT2D eigenvalue weighted by atomic mass is 16.3. The van der Waals surface area contributed by atoms with Gasteiger partial charge in [-0.2, -0.15) is 0 Å². The van der Waals surface area contributed by atoms with Crippen molar-refractivity contribution in [2.75, 3.05) is 26.7 Å². The third kappa shape index (κ3) is 5.08. The second-order valence-corrected chi connectivity index (χ2v) is 5.88. The fourth-order valence-electron chi connectivity index (χ4n) is 2.71. The monoisotopic (exact) mass is 292 g/mol. The van der Waals surface area contributed by atoms with Crippen molar-refractivity contribution in [3.63, 3.8) is 0 Å². The minimum Gasteiger partial charge on any atom is -0.469 e. The van der Waals surface area contributed by atoms with Crippen molar-refractivity contribution in [2.45, 2.75) is 45.2 Å². The maximum Gasteiger partial charge on any atom is 0.191 e. The van der Waals surface area contributed by atoms with Crippen LogP contribution in [0.2, 0.25) is 0 Å². The van der Waals surface area contributed by atoms with Gasteiger partial charge in [0, 0.05) is 45.2 Å². The Morgan fingerprint density at radius 1 is 1.43 bits per heavy atom. The first-order chi connectivity index (χ1) is 10.2. The first-order valence-corrected chi connectivity index (χ1v) is 7.92. The average molecular weight is 292 g/mol. The summed E-state index contributed by atoms with van der Waals surface area (Å²) in [5.41, 5.74) is 0. The third-order valence-corrected chi connectivity index (χ3v) is 4.07. The lowest BCUT2D eigenvalue weighted by Gasteiger charge is -2.35. The van der Waals surface area contributed by atoms with Gasteiger partial charge in [-0.3, -0.25) is 4.99 Å². The quantitative estimate of drug-likeness (QED) is 0.642. The van der Waals surface area contributed by atoms with Crippen LogP contribution in [0.15, 0.2) is 27.8 Å². The van der Waals surface area contributed by atoms with Gasteiger partial charge >= 0.3 is 0 Å². The van der Waals surface area contributed by atoms with E-state index in [2.05, 4.69) is 34.4 Å². The van der Waals surface area contributed by atoms with E-state index < -0.39 is 0 Å². The van der Waals surface area contributed by atoms with Crippen molar-refractivity contribution >= 4 is 5.96 Å². The number of hydrogen-bond acceptors (Lipinski definition) is 3. The molecule has 0 unspecified atom stereocenters. The second kappa shape index (κ2) is 8.08. The average Bonchev–Trinajstić information content (AvgIpc) is 3.00. The van der Waals surface area contributed by atoms with E-state index in [1.54, 1.807) is 6.26 Å². The third-order valence-electron chi connectivity index (χ3n) is 4.07. The topological polar surface area (TPSA) is 52.8 Å². The van der Waals surface area contributed by atoms with E-state index in [1.807, 2.05) is 19.2 Å². The Labute approximate surface area is 127 Å². The molecule has 2 N–H and O–H groups in total. The molecule has 1 fully saturated rings. The molecule has 0 bridgehead atoms. The number of guanidine groups is 1. The number of hydrogen-bond donors (Lipinski definition) is 2. The van der Waals surface area contributed by atoms with Crippen LogP contribution in [0.5, 0.6) is 0 Å². The summed E-state index contributed by atoms with van der Waals surface area (Å²) in [6.07, 6.45) is 4.94. The molecule has 0 radical (unpaired) electrons. The van der Waals surface area contributed by atoms with Crippen LogP contribution < -0.4 is 10.6 Å². The Morgan fingerprint density at radius 3 is 2.76 bits per heavy atom. The van der Waals surface area contributed by atoms with Gasteiger partial charge in [0.05, 0.1) is 6.26 Å². The van der Waals surface area contributed by atoms with Gasteiger partial charge in [-0.1, -0.05) is 0 Å². The van der Waals surface area contributed by atoms with Crippen molar-refractivity contribution in [3.05, 3.63) is 24.2 Å². The number of nitrogens with zero attached hydrogens (tertiary/aromatic N) is 2. The molecule has 1 aliphatic rings. The largest absolute Gasteiger partial charge is 0.469 e. The molecule has 0 aliphatic carbocycles. The van der Waals surface area contributed by atoms with E-state index >= 15 is 0 Å². The number of piperidine rings is 1. The lowest BCUT2D eigenvalue weighted by molar-refractivity contribution is 0.167. The summed E-state index contributed by atoms with van der Waals surface area (Å²) >= 11 is 0. The second-order valence-electron chi connectivity index (χ2n) is 5.88. The molecule has 1 aromatic rings. The molecule has 21 heavy (non-hydrogen) atoms. The highest BCUT2D eigenvalue weighted by Crippen LogP contribution is 2.12. The zero-order chi connectivity index (χ0) is 15.1. The number of likely N-dealkylation sites (tertiary alicyclic amines) is 1. The smallest absolute Gasteiger partial charge is 0.191 e. The van der Waals surface area contributed by atoms with Gasteiger partial charge in [0.25, 0.3) is 0 Å². The maximum atomic E-state index is 5.33. The predicted octanol–water partition coefficient (Wildman–Crippen LogP) is 1.86. The SMILES string of the molecule is CN=C(NCCc1ccco1)NC1CCN(C(C)C)CC1. The molecule has 2 heterocycles. The van der Waals surface area contributed by atoms with Crippen LogP contribution >= 0.6 is 0 Å². The Kier molecular flexibility index (Phi) is 6.11. The number of rotatable bonds is 5. The summed E-state index contributed by atoms with van der Waals surface area (Å²) in [7, 11) is 1.82. The van der Waals surface area contributed by atoms with Crippen molar-refractivity contribution < 1.29 is 4.42 Å². The van der Waals surface area contributed by atoms with Crippen molar-refractivity contribution in [1.29, 1.82) is 0 Å². The summed E-state index contributed by atoms with van der Waals surface area (Å²) in [4.78, 5) is 6.84. The molecule has 0 aromatic carbocycles. The minimum atomic E-state index is 0.523. The van der Waals surface area contributed by atoms with Crippen LogP contribution in [0.1, 0.15) is 32.4 Å². The summed E-state index contributed by atoms with van der Waals surface area (Å²) in [6.45, 7) is 7.70. The van der Waals surface area contributed by atoms with Gasteiger partial charge in [-0.05, 0) is 38.8 Å². The lowest BCUT2D eigenvalue weighted by Crippen LogP contribution is -2.50. The Balaban J connectivity index is 1.68. The molecule has 0 atom stereocenters. The van der Waals surface area contributed by atoms with Gasteiger partial charge in [-0.15, -0.1) is 0 Å². The van der Waals surface area contributed by atoms with Crippen LogP contribution in [-0.4, -0.2) is 49.6 Å². The van der Waals surface area contributed by atoms with Crippen LogP contribution in [0, 0.1) is 0 Å². The van der Waals surface area contributed by atoms with Gasteiger partial charge in [-0.25, -0.2) is 0 Å². The van der Waals surface area contributed by atoms with Gasteiger partial charge in [0.2, 0.25) is 0 Å². The Bertz CT molecular complexity index is 419. The molecule has 2 rings (SSSR count). The van der Waals surface area contributed by atoms with Gasteiger partial charge < -0.3 is 20.0 Å². The molecule has 118 valence electrons. The first-order valence-electron chi connectivity index (χ1n) is 7.92. The standard InChI is InChI=1S/C16H28N4O/c1-13(2)20-10-7-14(8-11-20)19-16(17-3)18-9-6-15-5-4-12-21-15/h4-5,12-14H,6-11H2,1-3H3,(H2,17,18,19). The Hall–Kier alpha value is -1.49. The molecule has 1 saturated heterocycles. The normalized spacial score (nSPS) is 18.2. The summed E-state index contributed by atoms with van der Waals surface area (Å²) in [5.74, 6) is 1.90. The molecule has 0 spiro atoms. The molecular weight excluding hydrogens is 264 g/mol. The van der Waals surface area contributed by atoms with Crippen LogP contribution in [0.4, 0.5) is 0 Å². The summed E-state index contributed by atoms with van der Waals surface area (Å²) in [5, 5.41) is 6.88. The minimum absolute atomic E-state index is 0.523. The molecule has 0 amide bonds.